The van der Waals surface area contributed by atoms with Gasteiger partial charge in [-0.15, -0.1) is 0 Å². The van der Waals surface area contributed by atoms with Crippen LogP contribution in [0.2, 0.25) is 0 Å². The summed E-state index contributed by atoms with van der Waals surface area (Å²) in [6.45, 7) is 7.69. The Hall–Kier alpha value is -2.96. The van der Waals surface area contributed by atoms with Gasteiger partial charge in [0.15, 0.2) is 0 Å². The van der Waals surface area contributed by atoms with E-state index < -0.39 is 9.85 Å². The summed E-state index contributed by atoms with van der Waals surface area (Å²) in [5, 5.41) is 22.0. The van der Waals surface area contributed by atoms with Crippen LogP contribution in [0.4, 0.5) is 11.4 Å². The van der Waals surface area contributed by atoms with E-state index in [1.165, 1.54) is 24.3 Å². The van der Waals surface area contributed by atoms with Gasteiger partial charge in [0.05, 0.1) is 9.85 Å². The highest BCUT2D eigenvalue weighted by Gasteiger charge is 2.19. The van der Waals surface area contributed by atoms with Gasteiger partial charge in [-0.05, 0) is 24.0 Å². The van der Waals surface area contributed by atoms with Crippen LogP contribution in [-0.4, -0.2) is 9.85 Å². The summed E-state index contributed by atoms with van der Waals surface area (Å²) in [4.78, 5) is 21.1. The van der Waals surface area contributed by atoms with Crippen molar-refractivity contribution < 1.29 is 14.6 Å². The molecular formula is C18H20N2O5. The molecule has 0 spiro atoms. The Labute approximate surface area is 145 Å². The van der Waals surface area contributed by atoms with Gasteiger partial charge in [-0.2, -0.15) is 0 Å². The number of rotatable bonds is 6. The van der Waals surface area contributed by atoms with Crippen LogP contribution in [0.1, 0.15) is 50.7 Å². The summed E-state index contributed by atoms with van der Waals surface area (Å²) in [6.07, 6.45) is 0. The Morgan fingerprint density at radius 1 is 0.760 bits per heavy atom. The topological polar surface area (TPSA) is 95.5 Å². The van der Waals surface area contributed by atoms with Crippen molar-refractivity contribution in [2.75, 3.05) is 0 Å². The van der Waals surface area contributed by atoms with Crippen molar-refractivity contribution in [1.82, 2.24) is 0 Å². The molecule has 2 aromatic carbocycles. The maximum absolute atomic E-state index is 11.0. The van der Waals surface area contributed by atoms with Crippen LogP contribution >= 0.6 is 0 Å². The zero-order chi connectivity index (χ0) is 18.7. The van der Waals surface area contributed by atoms with Crippen molar-refractivity contribution >= 4 is 11.4 Å². The molecule has 0 saturated heterocycles. The first kappa shape index (κ1) is 18.4. The molecule has 0 radical (unpaired) electrons. The Balaban J connectivity index is 2.49. The molecule has 0 N–H and O–H groups in total. The largest absolute Gasteiger partial charge is 0.457 e. The maximum atomic E-state index is 11.0. The number of non-ortho nitro benzene ring substituents is 2. The molecule has 0 heterocycles. The second-order valence-corrected chi connectivity index (χ2v) is 6.37. The molecule has 0 aromatic heterocycles. The van der Waals surface area contributed by atoms with Gasteiger partial charge >= 0.3 is 0 Å². The average Bonchev–Trinajstić information content (AvgIpc) is 2.54. The normalized spacial score (nSPS) is 11.0. The van der Waals surface area contributed by atoms with E-state index in [4.69, 9.17) is 4.74 Å². The van der Waals surface area contributed by atoms with E-state index in [0.29, 0.717) is 22.6 Å². The lowest BCUT2D eigenvalue weighted by Crippen LogP contribution is -2.00. The van der Waals surface area contributed by atoms with Crippen molar-refractivity contribution in [1.29, 1.82) is 0 Å². The molecule has 7 nitrogen and oxygen atoms in total. The second kappa shape index (κ2) is 7.29. The molecule has 0 saturated carbocycles. The minimum absolute atomic E-state index is 0.00355. The quantitative estimate of drug-likeness (QED) is 0.506. The highest BCUT2D eigenvalue weighted by atomic mass is 16.6. The SMILES string of the molecule is CC(C)c1cc([N+](=O)[O-])ccc1Oc1ccc([N+](=O)[O-])cc1C(C)C. The van der Waals surface area contributed by atoms with Crippen molar-refractivity contribution in [3.8, 4) is 11.5 Å². The molecule has 0 fully saturated rings. The van der Waals surface area contributed by atoms with E-state index in [0.717, 1.165) is 0 Å². The summed E-state index contributed by atoms with van der Waals surface area (Å²) in [6, 6.07) is 8.92. The van der Waals surface area contributed by atoms with Crippen molar-refractivity contribution in [2.24, 2.45) is 0 Å². The van der Waals surface area contributed by atoms with Crippen LogP contribution in [0.5, 0.6) is 11.5 Å². The standard InChI is InChI=1S/C18H20N2O5/c1-11(2)15-9-13(19(21)22)5-7-17(15)25-18-8-6-14(20(23)24)10-16(18)12(3)4/h5-12H,1-4H3. The monoisotopic (exact) mass is 344 g/mol. The summed E-state index contributed by atoms with van der Waals surface area (Å²) in [7, 11) is 0. The highest BCUT2D eigenvalue weighted by Crippen LogP contribution is 2.37. The summed E-state index contributed by atoms with van der Waals surface area (Å²) >= 11 is 0. The van der Waals surface area contributed by atoms with Gasteiger partial charge in [0.25, 0.3) is 11.4 Å². The minimum atomic E-state index is -0.443. The molecule has 25 heavy (non-hydrogen) atoms. The predicted octanol–water partition coefficient (Wildman–Crippen LogP) is 5.54. The third-order valence-corrected chi connectivity index (χ3v) is 3.87. The Kier molecular flexibility index (Phi) is 5.36. The van der Waals surface area contributed by atoms with E-state index in [1.54, 1.807) is 12.1 Å². The van der Waals surface area contributed by atoms with Crippen LogP contribution in [0.15, 0.2) is 36.4 Å². The summed E-state index contributed by atoms with van der Waals surface area (Å²) in [5.74, 6) is 1.07. The van der Waals surface area contributed by atoms with Crippen LogP contribution in [0.25, 0.3) is 0 Å². The molecule has 132 valence electrons. The third-order valence-electron chi connectivity index (χ3n) is 3.87. The number of benzene rings is 2. The molecule has 2 rings (SSSR count). The molecule has 0 amide bonds. The van der Waals surface area contributed by atoms with E-state index >= 15 is 0 Å². The zero-order valence-corrected chi connectivity index (χ0v) is 14.6. The number of hydrogen-bond acceptors (Lipinski definition) is 5. The molecule has 0 atom stereocenters. The van der Waals surface area contributed by atoms with Gasteiger partial charge in [-0.3, -0.25) is 20.2 Å². The number of nitro groups is 2. The first-order chi connectivity index (χ1) is 11.7. The maximum Gasteiger partial charge on any atom is 0.269 e. The molecule has 7 heteroatoms. The van der Waals surface area contributed by atoms with Gasteiger partial charge in [-0.1, -0.05) is 27.7 Å². The van der Waals surface area contributed by atoms with E-state index in [9.17, 15) is 20.2 Å². The molecule has 0 aliphatic carbocycles. The number of nitro benzene ring substituents is 2. The molecule has 0 aliphatic heterocycles. The van der Waals surface area contributed by atoms with Gasteiger partial charge in [0.1, 0.15) is 11.5 Å². The minimum Gasteiger partial charge on any atom is -0.457 e. The fourth-order valence-corrected chi connectivity index (χ4v) is 2.51. The zero-order valence-electron chi connectivity index (χ0n) is 14.6. The second-order valence-electron chi connectivity index (χ2n) is 6.37. The molecule has 0 bridgehead atoms. The highest BCUT2D eigenvalue weighted by molar-refractivity contribution is 5.51. The van der Waals surface area contributed by atoms with Gasteiger partial charge in [0.2, 0.25) is 0 Å². The first-order valence-electron chi connectivity index (χ1n) is 7.95. The molecule has 2 aromatic rings. The molecule has 0 unspecified atom stereocenters. The lowest BCUT2D eigenvalue weighted by atomic mass is 10.00. The van der Waals surface area contributed by atoms with Crippen molar-refractivity contribution in [3.05, 3.63) is 67.8 Å². The van der Waals surface area contributed by atoms with Crippen molar-refractivity contribution in [3.63, 3.8) is 0 Å². The third kappa shape index (κ3) is 4.12. The van der Waals surface area contributed by atoms with Gasteiger partial charge < -0.3 is 4.74 Å². The van der Waals surface area contributed by atoms with Gasteiger partial charge in [-0.25, -0.2) is 0 Å². The average molecular weight is 344 g/mol. The molecule has 0 aliphatic rings. The summed E-state index contributed by atoms with van der Waals surface area (Å²) in [5.41, 5.74) is 1.43. The van der Waals surface area contributed by atoms with Crippen LogP contribution in [0.3, 0.4) is 0 Å². The van der Waals surface area contributed by atoms with E-state index in [1.807, 2.05) is 27.7 Å². The number of hydrogen-bond donors (Lipinski definition) is 0. The first-order valence-corrected chi connectivity index (χ1v) is 7.95. The van der Waals surface area contributed by atoms with Crippen LogP contribution < -0.4 is 4.74 Å². The van der Waals surface area contributed by atoms with Crippen molar-refractivity contribution in [2.45, 2.75) is 39.5 Å². The lowest BCUT2D eigenvalue weighted by molar-refractivity contribution is -0.385. The van der Waals surface area contributed by atoms with E-state index in [-0.39, 0.29) is 23.2 Å². The lowest BCUT2D eigenvalue weighted by Gasteiger charge is -2.17. The fourth-order valence-electron chi connectivity index (χ4n) is 2.51. The predicted molar refractivity (Wildman–Crippen MR) is 94.4 cm³/mol. The Morgan fingerprint density at radius 2 is 1.12 bits per heavy atom. The Bertz CT molecular complexity index is 748. The van der Waals surface area contributed by atoms with Crippen LogP contribution in [0, 0.1) is 20.2 Å². The Morgan fingerprint density at radius 3 is 1.40 bits per heavy atom. The summed E-state index contributed by atoms with van der Waals surface area (Å²) < 4.78 is 5.99. The van der Waals surface area contributed by atoms with E-state index in [2.05, 4.69) is 0 Å². The van der Waals surface area contributed by atoms with Gasteiger partial charge in [0, 0.05) is 35.4 Å². The number of ether oxygens (including phenoxy) is 1. The van der Waals surface area contributed by atoms with Crippen LogP contribution in [-0.2, 0) is 0 Å². The molecular weight excluding hydrogens is 324 g/mol. The fraction of sp³-hybridized carbons (Fsp3) is 0.333. The number of nitrogens with zero attached hydrogens (tertiary/aromatic N) is 2. The smallest absolute Gasteiger partial charge is 0.269 e.